The van der Waals surface area contributed by atoms with Gasteiger partial charge in [0.1, 0.15) is 4.21 Å². The standard InChI is InChI=1S/C15H18N2O5S3/c1-17(9-12-5-8-23-11-12)13(18)10-22-14(19)4-6-16-25(20,21)15-3-2-7-24-15/h2-3,5,7-8,11,16H,4,6,9-10H2,1H3. The maximum absolute atomic E-state index is 11.9. The molecule has 2 rings (SSSR count). The number of ether oxygens (including phenoxy) is 1. The number of carbonyl (C=O) groups is 2. The van der Waals surface area contributed by atoms with Crippen LogP contribution in [0.2, 0.25) is 0 Å². The summed E-state index contributed by atoms with van der Waals surface area (Å²) in [5.74, 6) is -0.954. The quantitative estimate of drug-likeness (QED) is 0.644. The van der Waals surface area contributed by atoms with Gasteiger partial charge < -0.3 is 9.64 Å². The summed E-state index contributed by atoms with van der Waals surface area (Å²) in [4.78, 5) is 25.0. The van der Waals surface area contributed by atoms with E-state index >= 15 is 0 Å². The maximum Gasteiger partial charge on any atom is 0.307 e. The number of amides is 1. The molecule has 0 fully saturated rings. The Morgan fingerprint density at radius 3 is 2.72 bits per heavy atom. The number of esters is 1. The molecule has 1 amide bonds. The van der Waals surface area contributed by atoms with Gasteiger partial charge in [0.15, 0.2) is 6.61 Å². The van der Waals surface area contributed by atoms with E-state index in [1.807, 2.05) is 16.8 Å². The highest BCUT2D eigenvalue weighted by Crippen LogP contribution is 2.15. The second-order valence-electron chi connectivity index (χ2n) is 5.12. The van der Waals surface area contributed by atoms with Crippen molar-refractivity contribution in [1.82, 2.24) is 9.62 Å². The summed E-state index contributed by atoms with van der Waals surface area (Å²) in [6.45, 7) is -0.00432. The predicted molar refractivity (Wildman–Crippen MR) is 95.9 cm³/mol. The predicted octanol–water partition coefficient (Wildman–Crippen LogP) is 1.68. The highest BCUT2D eigenvalue weighted by Gasteiger charge is 2.16. The lowest BCUT2D eigenvalue weighted by molar-refractivity contribution is -0.151. The first-order chi connectivity index (χ1) is 11.9. The molecular formula is C15H18N2O5S3. The van der Waals surface area contributed by atoms with E-state index in [0.29, 0.717) is 6.54 Å². The number of likely N-dealkylation sites (N-methyl/N-ethyl adjacent to an activating group) is 1. The van der Waals surface area contributed by atoms with Crippen LogP contribution in [0, 0.1) is 0 Å². The molecule has 0 saturated heterocycles. The average Bonchev–Trinajstić information content (AvgIpc) is 3.25. The highest BCUT2D eigenvalue weighted by atomic mass is 32.2. The molecule has 0 unspecified atom stereocenters. The lowest BCUT2D eigenvalue weighted by Gasteiger charge is -2.16. The molecule has 0 saturated carbocycles. The van der Waals surface area contributed by atoms with Crippen LogP contribution in [-0.4, -0.2) is 45.4 Å². The minimum Gasteiger partial charge on any atom is -0.456 e. The first-order valence-electron chi connectivity index (χ1n) is 7.32. The number of thiophene rings is 2. The van der Waals surface area contributed by atoms with Gasteiger partial charge in [-0.1, -0.05) is 6.07 Å². The summed E-state index contributed by atoms with van der Waals surface area (Å²) >= 11 is 2.63. The molecule has 10 heteroatoms. The van der Waals surface area contributed by atoms with Gasteiger partial charge in [0.25, 0.3) is 5.91 Å². The SMILES string of the molecule is CN(Cc1ccsc1)C(=O)COC(=O)CCNS(=O)(=O)c1cccs1. The third-order valence-corrected chi connectivity index (χ3v) is 6.75. The van der Waals surface area contributed by atoms with E-state index in [4.69, 9.17) is 4.74 Å². The van der Waals surface area contributed by atoms with Crippen molar-refractivity contribution in [2.45, 2.75) is 17.2 Å². The van der Waals surface area contributed by atoms with Crippen LogP contribution in [0.5, 0.6) is 0 Å². The molecule has 1 N–H and O–H groups in total. The van der Waals surface area contributed by atoms with E-state index in [-0.39, 0.29) is 29.7 Å². The van der Waals surface area contributed by atoms with Crippen LogP contribution in [-0.2, 0) is 30.9 Å². The van der Waals surface area contributed by atoms with Crippen molar-refractivity contribution in [3.8, 4) is 0 Å². The molecule has 0 aliphatic rings. The zero-order chi connectivity index (χ0) is 18.3. The lowest BCUT2D eigenvalue weighted by atomic mass is 10.3. The van der Waals surface area contributed by atoms with Crippen molar-refractivity contribution in [2.75, 3.05) is 20.2 Å². The number of hydrogen-bond acceptors (Lipinski definition) is 7. The monoisotopic (exact) mass is 402 g/mol. The first kappa shape index (κ1) is 19.6. The number of sulfonamides is 1. The summed E-state index contributed by atoms with van der Waals surface area (Å²) in [5.41, 5.74) is 1.01. The van der Waals surface area contributed by atoms with Gasteiger partial charge in [0.2, 0.25) is 10.0 Å². The van der Waals surface area contributed by atoms with Crippen molar-refractivity contribution < 1.29 is 22.7 Å². The largest absolute Gasteiger partial charge is 0.456 e. The zero-order valence-corrected chi connectivity index (χ0v) is 16.0. The van der Waals surface area contributed by atoms with Crippen molar-refractivity contribution in [3.05, 3.63) is 39.9 Å². The minimum atomic E-state index is -3.60. The summed E-state index contributed by atoms with van der Waals surface area (Å²) in [7, 11) is -1.97. The normalized spacial score (nSPS) is 11.2. The van der Waals surface area contributed by atoms with Gasteiger partial charge in [-0.3, -0.25) is 9.59 Å². The van der Waals surface area contributed by atoms with E-state index in [1.54, 1.807) is 29.8 Å². The van der Waals surface area contributed by atoms with Crippen LogP contribution in [0.4, 0.5) is 0 Å². The Morgan fingerprint density at radius 2 is 2.08 bits per heavy atom. The Labute approximate surface area is 154 Å². The maximum atomic E-state index is 11.9. The molecule has 2 aromatic heterocycles. The number of hydrogen-bond donors (Lipinski definition) is 1. The van der Waals surface area contributed by atoms with Crippen LogP contribution in [0.3, 0.4) is 0 Å². The van der Waals surface area contributed by atoms with Crippen LogP contribution < -0.4 is 4.72 Å². The van der Waals surface area contributed by atoms with E-state index in [1.165, 1.54) is 11.0 Å². The fourth-order valence-electron chi connectivity index (χ4n) is 1.84. The Hall–Kier alpha value is -1.75. The molecule has 2 aromatic rings. The van der Waals surface area contributed by atoms with Crippen molar-refractivity contribution in [1.29, 1.82) is 0 Å². The number of nitrogens with zero attached hydrogens (tertiary/aromatic N) is 1. The fraction of sp³-hybridized carbons (Fsp3) is 0.333. The van der Waals surface area contributed by atoms with Gasteiger partial charge in [0, 0.05) is 20.1 Å². The summed E-state index contributed by atoms with van der Waals surface area (Å²) in [5, 5.41) is 5.52. The van der Waals surface area contributed by atoms with Gasteiger partial charge in [-0.05, 0) is 33.8 Å². The Bertz CT molecular complexity index is 785. The van der Waals surface area contributed by atoms with Gasteiger partial charge in [0.05, 0.1) is 6.42 Å². The van der Waals surface area contributed by atoms with Crippen LogP contribution >= 0.6 is 22.7 Å². The smallest absolute Gasteiger partial charge is 0.307 e. The lowest BCUT2D eigenvalue weighted by Crippen LogP contribution is -2.31. The molecule has 7 nitrogen and oxygen atoms in total. The fourth-order valence-corrected chi connectivity index (χ4v) is 4.57. The van der Waals surface area contributed by atoms with Crippen LogP contribution in [0.25, 0.3) is 0 Å². The molecule has 0 atom stereocenters. The number of nitrogens with one attached hydrogen (secondary N) is 1. The second-order valence-corrected chi connectivity index (χ2v) is 8.84. The molecule has 2 heterocycles. The number of rotatable bonds is 9. The van der Waals surface area contributed by atoms with E-state index < -0.39 is 16.0 Å². The molecule has 25 heavy (non-hydrogen) atoms. The topological polar surface area (TPSA) is 92.8 Å². The molecule has 0 radical (unpaired) electrons. The third kappa shape index (κ3) is 6.24. The molecule has 136 valence electrons. The zero-order valence-electron chi connectivity index (χ0n) is 13.5. The van der Waals surface area contributed by atoms with Crippen molar-refractivity contribution in [3.63, 3.8) is 0 Å². The average molecular weight is 403 g/mol. The Morgan fingerprint density at radius 1 is 1.28 bits per heavy atom. The van der Waals surface area contributed by atoms with Gasteiger partial charge in [-0.15, -0.1) is 11.3 Å². The first-order valence-corrected chi connectivity index (χ1v) is 10.6. The highest BCUT2D eigenvalue weighted by molar-refractivity contribution is 7.91. The molecule has 0 aliphatic carbocycles. The van der Waals surface area contributed by atoms with Gasteiger partial charge in [-0.2, -0.15) is 11.3 Å². The van der Waals surface area contributed by atoms with Gasteiger partial charge >= 0.3 is 5.97 Å². The summed E-state index contributed by atoms with van der Waals surface area (Å²) in [6, 6.07) is 5.03. The third-order valence-electron chi connectivity index (χ3n) is 3.16. The van der Waals surface area contributed by atoms with Gasteiger partial charge in [-0.25, -0.2) is 13.1 Å². The summed E-state index contributed by atoms with van der Waals surface area (Å²) < 4.78 is 31.1. The Balaban J connectivity index is 1.67. The minimum absolute atomic E-state index is 0.0853. The van der Waals surface area contributed by atoms with Crippen LogP contribution in [0.1, 0.15) is 12.0 Å². The van der Waals surface area contributed by atoms with Crippen molar-refractivity contribution in [2.24, 2.45) is 0 Å². The number of carbonyl (C=O) groups excluding carboxylic acids is 2. The Kier molecular flexibility index (Phi) is 7.12. The van der Waals surface area contributed by atoms with E-state index in [0.717, 1.165) is 16.9 Å². The second kappa shape index (κ2) is 9.09. The molecule has 0 aromatic carbocycles. The molecule has 0 aliphatic heterocycles. The molecule has 0 spiro atoms. The van der Waals surface area contributed by atoms with Crippen molar-refractivity contribution >= 4 is 44.6 Å². The van der Waals surface area contributed by atoms with E-state index in [2.05, 4.69) is 4.72 Å². The summed E-state index contributed by atoms with van der Waals surface area (Å²) in [6.07, 6.45) is -0.147. The van der Waals surface area contributed by atoms with E-state index in [9.17, 15) is 18.0 Å². The van der Waals surface area contributed by atoms with Crippen LogP contribution in [0.15, 0.2) is 38.5 Å². The molecular weight excluding hydrogens is 384 g/mol. The molecule has 0 bridgehead atoms.